The first-order chi connectivity index (χ1) is 7.33. The summed E-state index contributed by atoms with van der Waals surface area (Å²) in [6.45, 7) is 8.49. The highest BCUT2D eigenvalue weighted by Crippen LogP contribution is 2.25. The summed E-state index contributed by atoms with van der Waals surface area (Å²) in [5, 5.41) is 6.57. The Morgan fingerprint density at radius 1 is 1.50 bits per heavy atom. The van der Waals surface area contributed by atoms with Gasteiger partial charge in [0.05, 0.1) is 0 Å². The molecule has 16 heavy (non-hydrogen) atoms. The average molecular weight is 242 g/mol. The van der Waals surface area contributed by atoms with E-state index >= 15 is 0 Å². The van der Waals surface area contributed by atoms with Crippen LogP contribution in [0.2, 0.25) is 0 Å². The smallest absolute Gasteiger partial charge is 0.265 e. The summed E-state index contributed by atoms with van der Waals surface area (Å²) in [4.78, 5) is 16.4. The largest absolute Gasteiger partial charge is 0.382 e. The van der Waals surface area contributed by atoms with Crippen molar-refractivity contribution in [3.05, 3.63) is 4.88 Å². The average Bonchev–Trinajstić information content (AvgIpc) is 2.44. The van der Waals surface area contributed by atoms with E-state index in [2.05, 4.69) is 15.6 Å². The standard InChI is InChI=1S/C10H18N4OS/c1-5-12-9-13-7(11)6(16-9)8(15)14-10(2,3)4/h5,11H2,1-4H3,(H,12,13)(H,14,15). The van der Waals surface area contributed by atoms with Gasteiger partial charge in [0.2, 0.25) is 0 Å². The maximum Gasteiger partial charge on any atom is 0.265 e. The number of nitrogens with zero attached hydrogens (tertiary/aromatic N) is 1. The Hall–Kier alpha value is -1.30. The van der Waals surface area contributed by atoms with Crippen molar-refractivity contribution in [2.24, 2.45) is 0 Å². The van der Waals surface area contributed by atoms with Crippen molar-refractivity contribution >= 4 is 28.2 Å². The molecule has 1 rings (SSSR count). The molecular weight excluding hydrogens is 224 g/mol. The van der Waals surface area contributed by atoms with Crippen molar-refractivity contribution in [1.82, 2.24) is 10.3 Å². The van der Waals surface area contributed by atoms with Crippen LogP contribution in [0.4, 0.5) is 10.9 Å². The van der Waals surface area contributed by atoms with Gasteiger partial charge in [-0.05, 0) is 27.7 Å². The van der Waals surface area contributed by atoms with Crippen molar-refractivity contribution in [3.63, 3.8) is 0 Å². The number of carbonyl (C=O) groups is 1. The van der Waals surface area contributed by atoms with Crippen LogP contribution in [0, 0.1) is 0 Å². The van der Waals surface area contributed by atoms with E-state index in [1.807, 2.05) is 27.7 Å². The van der Waals surface area contributed by atoms with E-state index in [0.717, 1.165) is 6.54 Å². The molecule has 0 bridgehead atoms. The summed E-state index contributed by atoms with van der Waals surface area (Å²) in [6.07, 6.45) is 0. The normalized spacial score (nSPS) is 11.2. The molecule has 5 nitrogen and oxygen atoms in total. The van der Waals surface area contributed by atoms with Crippen LogP contribution >= 0.6 is 11.3 Å². The molecule has 0 spiro atoms. The zero-order valence-corrected chi connectivity index (χ0v) is 10.9. The summed E-state index contributed by atoms with van der Waals surface area (Å²) in [6, 6.07) is 0. The molecule has 0 saturated heterocycles. The van der Waals surface area contributed by atoms with Crippen molar-refractivity contribution in [2.75, 3.05) is 17.6 Å². The Labute approximate surface area is 99.4 Å². The molecule has 0 atom stereocenters. The predicted octanol–water partition coefficient (Wildman–Crippen LogP) is 1.69. The summed E-state index contributed by atoms with van der Waals surface area (Å²) in [5.74, 6) is 0.106. The maximum absolute atomic E-state index is 11.9. The molecule has 0 aliphatic heterocycles. The molecule has 0 unspecified atom stereocenters. The highest BCUT2D eigenvalue weighted by Gasteiger charge is 2.20. The Bertz CT molecular complexity index is 381. The van der Waals surface area contributed by atoms with Crippen molar-refractivity contribution in [1.29, 1.82) is 0 Å². The third-order valence-electron chi connectivity index (χ3n) is 1.68. The molecule has 90 valence electrons. The van der Waals surface area contributed by atoms with E-state index in [1.54, 1.807) is 0 Å². The Morgan fingerprint density at radius 2 is 2.12 bits per heavy atom. The van der Waals surface area contributed by atoms with Crippen molar-refractivity contribution in [2.45, 2.75) is 33.2 Å². The zero-order chi connectivity index (χ0) is 12.3. The van der Waals surface area contributed by atoms with Crippen LogP contribution in [0.3, 0.4) is 0 Å². The summed E-state index contributed by atoms with van der Waals surface area (Å²) in [7, 11) is 0. The summed E-state index contributed by atoms with van der Waals surface area (Å²) < 4.78 is 0. The molecule has 0 fully saturated rings. The number of hydrogen-bond acceptors (Lipinski definition) is 5. The Morgan fingerprint density at radius 3 is 2.62 bits per heavy atom. The van der Waals surface area contributed by atoms with Gasteiger partial charge in [0, 0.05) is 12.1 Å². The quantitative estimate of drug-likeness (QED) is 0.753. The van der Waals surface area contributed by atoms with Crippen LogP contribution in [0.1, 0.15) is 37.4 Å². The minimum absolute atomic E-state index is 0.174. The molecule has 0 saturated carbocycles. The maximum atomic E-state index is 11.9. The molecule has 1 amide bonds. The molecule has 1 heterocycles. The summed E-state index contributed by atoms with van der Waals surface area (Å²) >= 11 is 1.27. The third kappa shape index (κ3) is 3.37. The topological polar surface area (TPSA) is 80.0 Å². The first-order valence-electron chi connectivity index (χ1n) is 5.16. The van der Waals surface area contributed by atoms with E-state index in [4.69, 9.17) is 5.73 Å². The molecule has 1 aromatic heterocycles. The number of amides is 1. The number of thiazole rings is 1. The van der Waals surface area contributed by atoms with Crippen LogP contribution in [-0.2, 0) is 0 Å². The van der Waals surface area contributed by atoms with E-state index in [0.29, 0.717) is 10.0 Å². The molecular formula is C10H18N4OS. The minimum atomic E-state index is -0.272. The number of aromatic nitrogens is 1. The predicted molar refractivity (Wildman–Crippen MR) is 67.9 cm³/mol. The lowest BCUT2D eigenvalue weighted by molar-refractivity contribution is 0.0924. The van der Waals surface area contributed by atoms with Crippen LogP contribution < -0.4 is 16.4 Å². The molecule has 0 aliphatic carbocycles. The Kier molecular flexibility index (Phi) is 3.74. The molecule has 0 radical (unpaired) electrons. The fourth-order valence-electron chi connectivity index (χ4n) is 1.12. The van der Waals surface area contributed by atoms with Gasteiger partial charge in [-0.3, -0.25) is 4.79 Å². The number of anilines is 2. The van der Waals surface area contributed by atoms with Gasteiger partial charge in [0.1, 0.15) is 10.7 Å². The van der Waals surface area contributed by atoms with E-state index in [1.165, 1.54) is 11.3 Å². The number of nitrogens with two attached hydrogens (primary N) is 1. The molecule has 0 aliphatic rings. The number of hydrogen-bond donors (Lipinski definition) is 3. The first kappa shape index (κ1) is 12.8. The number of nitrogen functional groups attached to an aromatic ring is 1. The van der Waals surface area contributed by atoms with Crippen molar-refractivity contribution in [3.8, 4) is 0 Å². The lowest BCUT2D eigenvalue weighted by Gasteiger charge is -2.19. The number of carbonyl (C=O) groups excluding carboxylic acids is 1. The Balaban J connectivity index is 2.83. The van der Waals surface area contributed by atoms with Crippen LogP contribution in [0.5, 0.6) is 0 Å². The fraction of sp³-hybridized carbons (Fsp3) is 0.600. The monoisotopic (exact) mass is 242 g/mol. The van der Waals surface area contributed by atoms with Gasteiger partial charge in [-0.2, -0.15) is 0 Å². The van der Waals surface area contributed by atoms with Gasteiger partial charge in [-0.1, -0.05) is 11.3 Å². The molecule has 4 N–H and O–H groups in total. The van der Waals surface area contributed by atoms with E-state index in [-0.39, 0.29) is 17.3 Å². The van der Waals surface area contributed by atoms with E-state index in [9.17, 15) is 4.79 Å². The number of nitrogens with one attached hydrogen (secondary N) is 2. The number of rotatable bonds is 3. The van der Waals surface area contributed by atoms with Crippen molar-refractivity contribution < 1.29 is 4.79 Å². The third-order valence-corrected chi connectivity index (χ3v) is 2.70. The second-order valence-corrected chi connectivity index (χ2v) is 5.47. The van der Waals surface area contributed by atoms with Gasteiger partial charge in [0.15, 0.2) is 5.13 Å². The van der Waals surface area contributed by atoms with Gasteiger partial charge in [-0.15, -0.1) is 0 Å². The molecule has 0 aromatic carbocycles. The van der Waals surface area contributed by atoms with Gasteiger partial charge >= 0.3 is 0 Å². The molecule has 1 aromatic rings. The lowest BCUT2D eigenvalue weighted by atomic mass is 10.1. The van der Waals surface area contributed by atoms with Crippen LogP contribution in [0.15, 0.2) is 0 Å². The molecule has 6 heteroatoms. The highest BCUT2D eigenvalue weighted by molar-refractivity contribution is 7.18. The fourth-order valence-corrected chi connectivity index (χ4v) is 1.97. The van der Waals surface area contributed by atoms with Gasteiger partial charge in [-0.25, -0.2) is 4.98 Å². The van der Waals surface area contributed by atoms with E-state index < -0.39 is 0 Å². The second-order valence-electron chi connectivity index (χ2n) is 4.47. The highest BCUT2D eigenvalue weighted by atomic mass is 32.1. The van der Waals surface area contributed by atoms with Gasteiger partial charge < -0.3 is 16.4 Å². The van der Waals surface area contributed by atoms with Crippen LogP contribution in [-0.4, -0.2) is 23.0 Å². The first-order valence-corrected chi connectivity index (χ1v) is 5.98. The minimum Gasteiger partial charge on any atom is -0.382 e. The van der Waals surface area contributed by atoms with Gasteiger partial charge in [0.25, 0.3) is 5.91 Å². The SMILES string of the molecule is CCNc1nc(N)c(C(=O)NC(C)(C)C)s1. The lowest BCUT2D eigenvalue weighted by Crippen LogP contribution is -2.40. The zero-order valence-electron chi connectivity index (χ0n) is 10.0. The van der Waals surface area contributed by atoms with Crippen LogP contribution in [0.25, 0.3) is 0 Å². The summed E-state index contributed by atoms with van der Waals surface area (Å²) in [5.41, 5.74) is 5.42. The second kappa shape index (κ2) is 4.69.